The van der Waals surface area contributed by atoms with Gasteiger partial charge in [-0.3, -0.25) is 9.78 Å². The fourth-order valence-electron chi connectivity index (χ4n) is 4.72. The predicted molar refractivity (Wildman–Crippen MR) is 146 cm³/mol. The normalized spacial score (nSPS) is 16.1. The molecule has 3 heterocycles. The lowest BCUT2D eigenvalue weighted by molar-refractivity contribution is 0.0945. The molecular formula is C28H37N7O3. The minimum Gasteiger partial charge on any atom is -0.465 e. The summed E-state index contributed by atoms with van der Waals surface area (Å²) in [5, 5.41) is 20.5. The summed E-state index contributed by atoms with van der Waals surface area (Å²) in [6, 6.07) is 8.15. The van der Waals surface area contributed by atoms with Crippen LogP contribution in [-0.2, 0) is 12.1 Å². The monoisotopic (exact) mass is 519 g/mol. The van der Waals surface area contributed by atoms with Crippen molar-refractivity contribution in [3.8, 4) is 11.1 Å². The molecule has 10 nitrogen and oxygen atoms in total. The van der Waals surface area contributed by atoms with E-state index in [1.54, 1.807) is 24.1 Å². The molecule has 1 saturated heterocycles. The fourth-order valence-corrected chi connectivity index (χ4v) is 4.72. The standard InChI is InChI=1S/C28H37N7O3/c1-19-14-20(9-10-21(19)15-30-26(36)24-18-35(32-31-24)28(2,3)4)23-11-12-29-16-25(23)34-13-7-6-8-22(17-34)33(5)27(37)38/h9-12,14,16,18,22H,6-8,13,15,17H2,1-5H3,(H,30,36)(H,37,38)/t22-/m1/s1. The Labute approximate surface area is 223 Å². The highest BCUT2D eigenvalue weighted by Crippen LogP contribution is 2.33. The van der Waals surface area contributed by atoms with Crippen molar-refractivity contribution < 1.29 is 14.7 Å². The summed E-state index contributed by atoms with van der Waals surface area (Å²) in [5.41, 5.74) is 5.22. The molecule has 4 rings (SSSR count). The number of carbonyl (C=O) groups excluding carboxylic acids is 1. The van der Waals surface area contributed by atoms with E-state index < -0.39 is 6.09 Å². The number of benzene rings is 1. The number of carbonyl (C=O) groups is 2. The molecule has 0 saturated carbocycles. The highest BCUT2D eigenvalue weighted by atomic mass is 16.4. The van der Waals surface area contributed by atoms with Crippen LogP contribution in [0.15, 0.2) is 42.9 Å². The third kappa shape index (κ3) is 6.12. The minimum atomic E-state index is -0.902. The van der Waals surface area contributed by atoms with Crippen LogP contribution in [0.5, 0.6) is 0 Å². The number of pyridine rings is 1. The van der Waals surface area contributed by atoms with Crippen molar-refractivity contribution in [1.29, 1.82) is 0 Å². The summed E-state index contributed by atoms with van der Waals surface area (Å²) >= 11 is 0. The van der Waals surface area contributed by atoms with Crippen molar-refractivity contribution in [1.82, 2.24) is 30.2 Å². The Morgan fingerprint density at radius 1 is 1.21 bits per heavy atom. The van der Waals surface area contributed by atoms with Gasteiger partial charge in [0.25, 0.3) is 5.91 Å². The van der Waals surface area contributed by atoms with Gasteiger partial charge in [-0.2, -0.15) is 0 Å². The molecule has 1 atom stereocenters. The Hall–Kier alpha value is -3.95. The lowest BCUT2D eigenvalue weighted by Crippen LogP contribution is -2.43. The summed E-state index contributed by atoms with van der Waals surface area (Å²) < 4.78 is 1.68. The van der Waals surface area contributed by atoms with Crippen LogP contribution in [0.1, 0.15) is 61.6 Å². The van der Waals surface area contributed by atoms with Gasteiger partial charge in [-0.05, 0) is 69.7 Å². The number of anilines is 1. The van der Waals surface area contributed by atoms with E-state index in [9.17, 15) is 14.7 Å². The van der Waals surface area contributed by atoms with E-state index in [1.807, 2.05) is 46.0 Å². The molecule has 0 bridgehead atoms. The number of hydrogen-bond donors (Lipinski definition) is 2. The van der Waals surface area contributed by atoms with Gasteiger partial charge >= 0.3 is 6.09 Å². The SMILES string of the molecule is Cc1cc(-c2ccncc2N2CCCC[C@@H](N(C)C(=O)O)C2)ccc1CNC(=O)c1cn(C(C)(C)C)nn1. The third-order valence-electron chi connectivity index (χ3n) is 7.14. The van der Waals surface area contributed by atoms with Crippen LogP contribution in [0.3, 0.4) is 0 Å². The number of rotatable bonds is 6. The first kappa shape index (κ1) is 27.1. The Morgan fingerprint density at radius 3 is 2.68 bits per heavy atom. The number of aromatic nitrogens is 4. The van der Waals surface area contributed by atoms with E-state index in [1.165, 1.54) is 4.90 Å². The number of aryl methyl sites for hydroxylation is 1. The second-order valence-electron chi connectivity index (χ2n) is 10.9. The number of amides is 2. The first-order valence-corrected chi connectivity index (χ1v) is 13.0. The van der Waals surface area contributed by atoms with Gasteiger partial charge in [0, 0.05) is 38.4 Å². The smallest absolute Gasteiger partial charge is 0.407 e. The van der Waals surface area contributed by atoms with Gasteiger partial charge in [0.1, 0.15) is 0 Å². The maximum absolute atomic E-state index is 12.6. The van der Waals surface area contributed by atoms with E-state index >= 15 is 0 Å². The van der Waals surface area contributed by atoms with Gasteiger partial charge in [-0.1, -0.05) is 23.4 Å². The van der Waals surface area contributed by atoms with Crippen LogP contribution >= 0.6 is 0 Å². The Morgan fingerprint density at radius 2 is 2.00 bits per heavy atom. The molecule has 38 heavy (non-hydrogen) atoms. The second-order valence-corrected chi connectivity index (χ2v) is 10.9. The van der Waals surface area contributed by atoms with Crippen molar-refractivity contribution in [2.24, 2.45) is 0 Å². The third-order valence-corrected chi connectivity index (χ3v) is 7.14. The molecule has 202 valence electrons. The zero-order chi connectivity index (χ0) is 27.4. The lowest BCUT2D eigenvalue weighted by atomic mass is 9.99. The van der Waals surface area contributed by atoms with E-state index in [0.717, 1.165) is 53.7 Å². The molecule has 0 aliphatic carbocycles. The first-order chi connectivity index (χ1) is 18.0. The number of carboxylic acid groups (broad SMARTS) is 1. The van der Waals surface area contributed by atoms with Crippen LogP contribution < -0.4 is 10.2 Å². The van der Waals surface area contributed by atoms with Gasteiger partial charge in [-0.25, -0.2) is 9.48 Å². The van der Waals surface area contributed by atoms with Gasteiger partial charge < -0.3 is 20.2 Å². The Kier molecular flexibility index (Phi) is 7.99. The van der Waals surface area contributed by atoms with E-state index in [-0.39, 0.29) is 17.5 Å². The topological polar surface area (TPSA) is 116 Å². The van der Waals surface area contributed by atoms with Gasteiger partial charge in [0.15, 0.2) is 5.69 Å². The van der Waals surface area contributed by atoms with Crippen molar-refractivity contribution in [3.05, 3.63) is 59.7 Å². The fraction of sp³-hybridized carbons (Fsp3) is 0.464. The van der Waals surface area contributed by atoms with E-state index in [2.05, 4.69) is 37.6 Å². The molecule has 0 radical (unpaired) electrons. The summed E-state index contributed by atoms with van der Waals surface area (Å²) in [6.07, 6.45) is 7.25. The van der Waals surface area contributed by atoms with Crippen LogP contribution in [0, 0.1) is 6.92 Å². The molecule has 0 spiro atoms. The molecule has 10 heteroatoms. The number of nitrogens with zero attached hydrogens (tertiary/aromatic N) is 6. The Bertz CT molecular complexity index is 1300. The number of hydrogen-bond acceptors (Lipinski definition) is 6. The maximum atomic E-state index is 12.6. The largest absolute Gasteiger partial charge is 0.465 e. The molecule has 0 unspecified atom stereocenters. The lowest BCUT2D eigenvalue weighted by Gasteiger charge is -2.31. The average Bonchev–Trinajstić information content (AvgIpc) is 3.27. The molecule has 1 fully saturated rings. The van der Waals surface area contributed by atoms with Crippen molar-refractivity contribution in [2.75, 3.05) is 25.0 Å². The quantitative estimate of drug-likeness (QED) is 0.499. The van der Waals surface area contributed by atoms with Crippen LogP contribution in [0.2, 0.25) is 0 Å². The van der Waals surface area contributed by atoms with Gasteiger partial charge in [0.05, 0.1) is 29.7 Å². The number of likely N-dealkylation sites (N-methyl/N-ethyl adjacent to an activating group) is 1. The van der Waals surface area contributed by atoms with Crippen LogP contribution in [0.4, 0.5) is 10.5 Å². The van der Waals surface area contributed by atoms with E-state index in [0.29, 0.717) is 18.8 Å². The molecule has 1 aliphatic heterocycles. The number of nitrogens with one attached hydrogen (secondary N) is 1. The molecule has 2 aromatic heterocycles. The maximum Gasteiger partial charge on any atom is 0.407 e. The van der Waals surface area contributed by atoms with E-state index in [4.69, 9.17) is 0 Å². The molecule has 2 N–H and O–H groups in total. The van der Waals surface area contributed by atoms with Crippen molar-refractivity contribution in [2.45, 2.75) is 65.1 Å². The Balaban J connectivity index is 1.50. The van der Waals surface area contributed by atoms with Crippen molar-refractivity contribution >= 4 is 17.7 Å². The summed E-state index contributed by atoms with van der Waals surface area (Å²) in [6.45, 7) is 9.90. The first-order valence-electron chi connectivity index (χ1n) is 13.0. The zero-order valence-electron chi connectivity index (χ0n) is 22.8. The average molecular weight is 520 g/mol. The predicted octanol–water partition coefficient (Wildman–Crippen LogP) is 4.30. The highest BCUT2D eigenvalue weighted by Gasteiger charge is 2.26. The molecule has 1 aromatic carbocycles. The van der Waals surface area contributed by atoms with Crippen LogP contribution in [-0.4, -0.2) is 68.2 Å². The van der Waals surface area contributed by atoms with Gasteiger partial charge in [0.2, 0.25) is 0 Å². The second kappa shape index (κ2) is 11.2. The molecular weight excluding hydrogens is 482 g/mol. The molecule has 3 aromatic rings. The highest BCUT2D eigenvalue weighted by molar-refractivity contribution is 5.91. The summed E-state index contributed by atoms with van der Waals surface area (Å²) in [4.78, 5) is 32.3. The summed E-state index contributed by atoms with van der Waals surface area (Å²) in [5.74, 6) is -0.262. The van der Waals surface area contributed by atoms with Gasteiger partial charge in [-0.15, -0.1) is 5.10 Å². The zero-order valence-corrected chi connectivity index (χ0v) is 22.8. The molecule has 1 aliphatic rings. The molecule has 2 amide bonds. The van der Waals surface area contributed by atoms with Crippen LogP contribution in [0.25, 0.3) is 11.1 Å². The summed E-state index contributed by atoms with van der Waals surface area (Å²) in [7, 11) is 1.65. The van der Waals surface area contributed by atoms with Crippen molar-refractivity contribution in [3.63, 3.8) is 0 Å². The minimum absolute atomic E-state index is 0.0687.